The standard InChI is InChI=1S/C24H33N5O2/c1-3-20-22(19-8-5-9-21(19)28-20)23(26-15-25)16-10-12-29(13-11-16)24(30)27-17-6-4-7-18(14-17)31-2/h3-4,7,14-17,28H,5-6,8-13H2,1-2H3,(H2,25,26)(H,27,30)/b20-3+,23-22-. The van der Waals surface area contributed by atoms with Gasteiger partial charge in [0, 0.05) is 35.3 Å². The van der Waals surface area contributed by atoms with Crippen molar-refractivity contribution in [1.82, 2.24) is 15.2 Å². The predicted molar refractivity (Wildman–Crippen MR) is 124 cm³/mol. The quantitative estimate of drug-likeness (QED) is 0.508. The molecular formula is C24H33N5O2. The summed E-state index contributed by atoms with van der Waals surface area (Å²) >= 11 is 0. The van der Waals surface area contributed by atoms with Gasteiger partial charge < -0.3 is 25.7 Å². The molecule has 1 fully saturated rings. The van der Waals surface area contributed by atoms with Crippen molar-refractivity contribution in [2.75, 3.05) is 20.2 Å². The molecule has 2 amide bonds. The number of likely N-dealkylation sites (tertiary alicyclic amines) is 1. The van der Waals surface area contributed by atoms with E-state index in [1.165, 1.54) is 29.2 Å². The van der Waals surface area contributed by atoms with Crippen LogP contribution in [0.2, 0.25) is 0 Å². The molecular weight excluding hydrogens is 390 g/mol. The Bertz CT molecular complexity index is 1030. The molecule has 0 aromatic carbocycles. The lowest BCUT2D eigenvalue weighted by atomic mass is 9.91. The second kappa shape index (κ2) is 9.45. The number of aliphatic imine (C=N–C) groups is 1. The molecule has 2 heterocycles. The molecule has 1 aliphatic heterocycles. The Kier molecular flexibility index (Phi) is 6.49. The van der Waals surface area contributed by atoms with Gasteiger partial charge in [-0.2, -0.15) is 0 Å². The maximum absolute atomic E-state index is 12.8. The van der Waals surface area contributed by atoms with E-state index < -0.39 is 0 Å². The summed E-state index contributed by atoms with van der Waals surface area (Å²) < 4.78 is 5.28. The Morgan fingerprint density at radius 1 is 1.35 bits per heavy atom. The van der Waals surface area contributed by atoms with Crippen molar-refractivity contribution in [2.24, 2.45) is 16.6 Å². The first kappa shape index (κ1) is 21.3. The van der Waals surface area contributed by atoms with Crippen molar-refractivity contribution in [3.05, 3.63) is 45.8 Å². The monoisotopic (exact) mass is 423 g/mol. The van der Waals surface area contributed by atoms with Gasteiger partial charge in [-0.05, 0) is 63.2 Å². The topological polar surface area (TPSA) is 95.7 Å². The van der Waals surface area contributed by atoms with E-state index in [0.717, 1.165) is 48.9 Å². The fraction of sp³-hybridized carbons (Fsp3) is 0.500. The van der Waals surface area contributed by atoms with Crippen LogP contribution in [0, 0.1) is 5.92 Å². The van der Waals surface area contributed by atoms with Crippen molar-refractivity contribution in [2.45, 2.75) is 51.5 Å². The lowest BCUT2D eigenvalue weighted by molar-refractivity contribution is 0.176. The Labute approximate surface area is 183 Å². The molecule has 31 heavy (non-hydrogen) atoms. The highest BCUT2D eigenvalue weighted by Crippen LogP contribution is 2.27. The maximum Gasteiger partial charge on any atom is 0.317 e. The molecule has 1 saturated heterocycles. The summed E-state index contributed by atoms with van der Waals surface area (Å²) in [6, 6.07) is -0.0429. The van der Waals surface area contributed by atoms with E-state index in [4.69, 9.17) is 10.5 Å². The van der Waals surface area contributed by atoms with Crippen LogP contribution in [0.25, 0.3) is 11.8 Å². The summed E-state index contributed by atoms with van der Waals surface area (Å²) in [5.41, 5.74) is 9.57. The van der Waals surface area contributed by atoms with Crippen LogP contribution in [-0.4, -0.2) is 48.5 Å². The minimum absolute atomic E-state index is 0.0144. The van der Waals surface area contributed by atoms with Gasteiger partial charge in [-0.1, -0.05) is 12.2 Å². The van der Waals surface area contributed by atoms with Crippen LogP contribution in [-0.2, 0) is 17.6 Å². The summed E-state index contributed by atoms with van der Waals surface area (Å²) in [7, 11) is 1.64. The third-order valence-electron chi connectivity index (χ3n) is 6.58. The Morgan fingerprint density at radius 3 is 2.87 bits per heavy atom. The third kappa shape index (κ3) is 4.40. The van der Waals surface area contributed by atoms with E-state index in [1.807, 2.05) is 23.1 Å². The van der Waals surface area contributed by atoms with E-state index in [2.05, 4.69) is 28.3 Å². The number of methoxy groups -OCH3 is 1. The van der Waals surface area contributed by atoms with Crippen molar-refractivity contribution < 1.29 is 9.53 Å². The van der Waals surface area contributed by atoms with Crippen LogP contribution >= 0.6 is 0 Å². The molecule has 2 aliphatic carbocycles. The van der Waals surface area contributed by atoms with Crippen LogP contribution in [0.5, 0.6) is 0 Å². The molecule has 4 rings (SSSR count). The van der Waals surface area contributed by atoms with Crippen LogP contribution in [0.3, 0.4) is 0 Å². The number of nitrogens with one attached hydrogen (secondary N) is 2. The smallest absolute Gasteiger partial charge is 0.317 e. The first-order valence-corrected chi connectivity index (χ1v) is 11.3. The van der Waals surface area contributed by atoms with Crippen LogP contribution in [0.4, 0.5) is 4.79 Å². The number of H-pyrrole nitrogens is 1. The highest BCUT2D eigenvalue weighted by molar-refractivity contribution is 5.75. The van der Waals surface area contributed by atoms with Gasteiger partial charge in [-0.25, -0.2) is 9.79 Å². The first-order valence-electron chi connectivity index (χ1n) is 11.3. The number of aryl methyl sites for hydroxylation is 1. The molecule has 166 valence electrons. The highest BCUT2D eigenvalue weighted by Gasteiger charge is 2.28. The zero-order valence-corrected chi connectivity index (χ0v) is 18.5. The number of urea groups is 1. The van der Waals surface area contributed by atoms with E-state index in [1.54, 1.807) is 7.11 Å². The van der Waals surface area contributed by atoms with Gasteiger partial charge in [0.05, 0.1) is 25.2 Å². The number of ether oxygens (including phenoxy) is 1. The number of amides is 2. The number of nitrogens with zero attached hydrogens (tertiary/aromatic N) is 2. The first-order chi connectivity index (χ1) is 15.1. The third-order valence-corrected chi connectivity index (χ3v) is 6.58. The lowest BCUT2D eigenvalue weighted by Gasteiger charge is -2.33. The van der Waals surface area contributed by atoms with E-state index >= 15 is 0 Å². The molecule has 7 heteroatoms. The Balaban J connectivity index is 1.48. The summed E-state index contributed by atoms with van der Waals surface area (Å²) in [6.45, 7) is 3.48. The number of aromatic amines is 1. The number of hydrogen-bond donors (Lipinski definition) is 3. The van der Waals surface area contributed by atoms with Crippen molar-refractivity contribution >= 4 is 24.1 Å². The molecule has 1 aromatic rings. The number of nitrogens with two attached hydrogens (primary N) is 1. The molecule has 3 aliphatic rings. The normalized spacial score (nSPS) is 23.2. The number of allylic oxidation sites excluding steroid dienone is 1. The minimum Gasteiger partial charge on any atom is -0.497 e. The fourth-order valence-corrected chi connectivity index (χ4v) is 5.00. The van der Waals surface area contributed by atoms with Crippen molar-refractivity contribution in [1.29, 1.82) is 0 Å². The molecule has 1 unspecified atom stereocenters. The number of piperidine rings is 1. The maximum atomic E-state index is 12.8. The molecule has 7 nitrogen and oxygen atoms in total. The largest absolute Gasteiger partial charge is 0.497 e. The summed E-state index contributed by atoms with van der Waals surface area (Å²) in [6.07, 6.45) is 15.4. The SMILES string of the molecule is C/C=c1/[nH]c2c(/c1=C(/N=CN)C1CCN(C(=O)NC3C=C(OC)C=CC3)CC1)CCC2. The van der Waals surface area contributed by atoms with Crippen LogP contribution in [0.1, 0.15) is 43.9 Å². The number of aromatic nitrogens is 1. The van der Waals surface area contributed by atoms with Gasteiger partial charge in [0.25, 0.3) is 0 Å². The number of carbonyl (C=O) groups excluding carboxylic acids is 1. The molecule has 4 N–H and O–H groups in total. The average Bonchev–Trinajstić information content (AvgIpc) is 3.39. The highest BCUT2D eigenvalue weighted by atomic mass is 16.5. The summed E-state index contributed by atoms with van der Waals surface area (Å²) in [5, 5.41) is 5.51. The van der Waals surface area contributed by atoms with Gasteiger partial charge in [-0.15, -0.1) is 0 Å². The number of fused-ring (bicyclic) bond motifs is 1. The van der Waals surface area contributed by atoms with Gasteiger partial charge in [-0.3, -0.25) is 0 Å². The lowest BCUT2D eigenvalue weighted by Crippen LogP contribution is -2.48. The fourth-order valence-electron chi connectivity index (χ4n) is 5.00. The summed E-state index contributed by atoms with van der Waals surface area (Å²) in [4.78, 5) is 22.9. The molecule has 0 spiro atoms. The van der Waals surface area contributed by atoms with Crippen molar-refractivity contribution in [3.63, 3.8) is 0 Å². The second-order valence-corrected chi connectivity index (χ2v) is 8.40. The zero-order chi connectivity index (χ0) is 21.8. The molecule has 0 saturated carbocycles. The van der Waals surface area contributed by atoms with E-state index in [-0.39, 0.29) is 12.1 Å². The average molecular weight is 424 g/mol. The second-order valence-electron chi connectivity index (χ2n) is 8.40. The van der Waals surface area contributed by atoms with Gasteiger partial charge in [0.1, 0.15) is 5.76 Å². The Hall–Kier alpha value is -2.96. The predicted octanol–water partition coefficient (Wildman–Crippen LogP) is 1.68. The van der Waals surface area contributed by atoms with Crippen molar-refractivity contribution in [3.8, 4) is 0 Å². The van der Waals surface area contributed by atoms with Gasteiger partial charge in [0.2, 0.25) is 0 Å². The number of rotatable bonds is 4. The van der Waals surface area contributed by atoms with E-state index in [9.17, 15) is 4.79 Å². The summed E-state index contributed by atoms with van der Waals surface area (Å²) in [5.74, 6) is 1.08. The molecule has 1 atom stereocenters. The molecule has 0 radical (unpaired) electrons. The zero-order valence-electron chi connectivity index (χ0n) is 18.5. The minimum atomic E-state index is -0.0285. The van der Waals surface area contributed by atoms with E-state index in [0.29, 0.717) is 19.0 Å². The molecule has 1 aromatic heterocycles. The van der Waals surface area contributed by atoms with Crippen LogP contribution in [0.15, 0.2) is 29.0 Å². The van der Waals surface area contributed by atoms with Crippen LogP contribution < -0.4 is 21.6 Å². The molecule has 0 bridgehead atoms. The number of carbonyl (C=O) groups is 1. The Morgan fingerprint density at radius 2 is 2.16 bits per heavy atom. The van der Waals surface area contributed by atoms with Gasteiger partial charge in [0.15, 0.2) is 0 Å². The number of hydrogen-bond acceptors (Lipinski definition) is 3. The van der Waals surface area contributed by atoms with Gasteiger partial charge >= 0.3 is 6.03 Å².